The molecule has 0 amide bonds. The van der Waals surface area contributed by atoms with Gasteiger partial charge in [-0.25, -0.2) is 8.78 Å². The van der Waals surface area contributed by atoms with E-state index in [0.717, 1.165) is 24.8 Å². The number of nitrogens with two attached hydrogens (primary N) is 1. The second-order valence-electron chi connectivity index (χ2n) is 6.32. The molecule has 1 aromatic rings. The van der Waals surface area contributed by atoms with E-state index in [4.69, 9.17) is 5.73 Å². The Kier molecular flexibility index (Phi) is 4.24. The predicted octanol–water partition coefficient (Wildman–Crippen LogP) is 4.57. The van der Waals surface area contributed by atoms with Crippen LogP contribution in [0.1, 0.15) is 57.6 Å². The van der Waals surface area contributed by atoms with E-state index < -0.39 is 11.6 Å². The van der Waals surface area contributed by atoms with Crippen LogP contribution in [0, 0.1) is 23.0 Å². The molecule has 0 spiro atoms. The summed E-state index contributed by atoms with van der Waals surface area (Å²) < 4.78 is 26.4. The lowest BCUT2D eigenvalue weighted by atomic mass is 9.71. The Hall–Kier alpha value is -0.960. The average molecular weight is 267 g/mol. The number of hydrogen-bond donors (Lipinski definition) is 1. The molecule has 2 rings (SSSR count). The Morgan fingerprint density at radius 1 is 1.16 bits per heavy atom. The summed E-state index contributed by atoms with van der Waals surface area (Å²) in [6, 6.07) is 3.87. The second kappa shape index (κ2) is 5.58. The van der Waals surface area contributed by atoms with E-state index >= 15 is 0 Å². The van der Waals surface area contributed by atoms with Gasteiger partial charge >= 0.3 is 0 Å². The fraction of sp³-hybridized carbons (Fsp3) is 0.625. The van der Waals surface area contributed by atoms with Crippen molar-refractivity contribution < 1.29 is 8.78 Å². The van der Waals surface area contributed by atoms with E-state index in [1.807, 2.05) is 0 Å². The van der Waals surface area contributed by atoms with Crippen molar-refractivity contribution in [2.75, 3.05) is 0 Å². The molecule has 1 atom stereocenters. The molecule has 1 aromatic carbocycles. The normalized spacial score (nSPS) is 19.9. The van der Waals surface area contributed by atoms with Crippen LogP contribution < -0.4 is 5.73 Å². The maximum Gasteiger partial charge on any atom is 0.159 e. The fourth-order valence-corrected chi connectivity index (χ4v) is 3.59. The Morgan fingerprint density at radius 2 is 1.79 bits per heavy atom. The zero-order chi connectivity index (χ0) is 14.0. The zero-order valence-electron chi connectivity index (χ0n) is 11.8. The lowest BCUT2D eigenvalue weighted by molar-refractivity contribution is 0.183. The third-order valence-electron chi connectivity index (χ3n) is 4.38. The fourth-order valence-electron chi connectivity index (χ4n) is 3.59. The third kappa shape index (κ3) is 2.97. The van der Waals surface area contributed by atoms with E-state index in [9.17, 15) is 8.78 Å². The Labute approximate surface area is 114 Å². The summed E-state index contributed by atoms with van der Waals surface area (Å²) >= 11 is 0. The van der Waals surface area contributed by atoms with Crippen molar-refractivity contribution in [3.05, 3.63) is 35.4 Å². The van der Waals surface area contributed by atoms with Gasteiger partial charge in [-0.05, 0) is 48.3 Å². The van der Waals surface area contributed by atoms with E-state index in [2.05, 4.69) is 13.8 Å². The molecular formula is C16H23F2N. The topological polar surface area (TPSA) is 26.0 Å². The number of rotatable bonds is 4. The molecule has 2 N–H and O–H groups in total. The minimum absolute atomic E-state index is 0.0540. The first-order chi connectivity index (χ1) is 8.94. The van der Waals surface area contributed by atoms with Crippen molar-refractivity contribution in [3.63, 3.8) is 0 Å². The van der Waals surface area contributed by atoms with Crippen molar-refractivity contribution in [1.29, 1.82) is 0 Å². The molecule has 1 nitrogen and oxygen atoms in total. The van der Waals surface area contributed by atoms with Crippen molar-refractivity contribution in [2.24, 2.45) is 17.1 Å². The molecule has 1 unspecified atom stereocenters. The molecule has 0 aliphatic heterocycles. The molecule has 1 aliphatic rings. The summed E-state index contributed by atoms with van der Waals surface area (Å²) in [7, 11) is 0. The SMILES string of the molecule is CC(C)CC1(C(N)c2ccc(F)c(F)c2)CCCC1. The first-order valence-corrected chi connectivity index (χ1v) is 7.15. The first-order valence-electron chi connectivity index (χ1n) is 7.15. The minimum atomic E-state index is -0.805. The summed E-state index contributed by atoms with van der Waals surface area (Å²) in [6.45, 7) is 4.38. The van der Waals surface area contributed by atoms with E-state index in [1.165, 1.54) is 25.0 Å². The second-order valence-corrected chi connectivity index (χ2v) is 6.32. The lowest BCUT2D eigenvalue weighted by Gasteiger charge is -2.37. The Morgan fingerprint density at radius 3 is 2.32 bits per heavy atom. The highest BCUT2D eigenvalue weighted by atomic mass is 19.2. The number of halogens is 2. The van der Waals surface area contributed by atoms with Crippen LogP contribution in [0.2, 0.25) is 0 Å². The Bertz CT molecular complexity index is 436. The van der Waals surface area contributed by atoms with E-state index in [0.29, 0.717) is 5.92 Å². The number of hydrogen-bond acceptors (Lipinski definition) is 1. The van der Waals surface area contributed by atoms with Crippen LogP contribution in [0.25, 0.3) is 0 Å². The van der Waals surface area contributed by atoms with Gasteiger partial charge in [0.2, 0.25) is 0 Å². The first kappa shape index (κ1) is 14.4. The minimum Gasteiger partial charge on any atom is -0.323 e. The molecule has 0 heterocycles. The highest BCUT2D eigenvalue weighted by molar-refractivity contribution is 5.23. The maximum absolute atomic E-state index is 13.4. The predicted molar refractivity (Wildman–Crippen MR) is 73.6 cm³/mol. The molecule has 1 saturated carbocycles. The molecule has 1 fully saturated rings. The summed E-state index contributed by atoms with van der Waals surface area (Å²) in [5.41, 5.74) is 7.19. The average Bonchev–Trinajstić information content (AvgIpc) is 2.80. The van der Waals surface area contributed by atoms with Gasteiger partial charge in [0.05, 0.1) is 0 Å². The summed E-state index contributed by atoms with van der Waals surface area (Å²) in [4.78, 5) is 0. The van der Waals surface area contributed by atoms with Crippen molar-refractivity contribution in [2.45, 2.75) is 52.0 Å². The van der Waals surface area contributed by atoms with Crippen LogP contribution in [0.3, 0.4) is 0 Å². The summed E-state index contributed by atoms with van der Waals surface area (Å²) in [5, 5.41) is 0. The summed E-state index contributed by atoms with van der Waals surface area (Å²) in [6.07, 6.45) is 5.60. The number of benzene rings is 1. The van der Waals surface area contributed by atoms with E-state index in [-0.39, 0.29) is 11.5 Å². The van der Waals surface area contributed by atoms with Gasteiger partial charge in [-0.3, -0.25) is 0 Å². The van der Waals surface area contributed by atoms with Gasteiger partial charge in [0.25, 0.3) is 0 Å². The van der Waals surface area contributed by atoms with Gasteiger partial charge in [0, 0.05) is 6.04 Å². The Balaban J connectivity index is 2.28. The van der Waals surface area contributed by atoms with Gasteiger partial charge in [-0.1, -0.05) is 32.8 Å². The summed E-state index contributed by atoms with van der Waals surface area (Å²) in [5.74, 6) is -1.04. The van der Waals surface area contributed by atoms with Gasteiger partial charge < -0.3 is 5.73 Å². The molecule has 1 aliphatic carbocycles. The van der Waals surface area contributed by atoms with Crippen molar-refractivity contribution in [1.82, 2.24) is 0 Å². The van der Waals surface area contributed by atoms with Crippen LogP contribution in [-0.4, -0.2) is 0 Å². The standard InChI is InChI=1S/C16H23F2N/c1-11(2)10-16(7-3-4-8-16)15(19)12-5-6-13(17)14(18)9-12/h5-6,9,11,15H,3-4,7-8,10,19H2,1-2H3. The smallest absolute Gasteiger partial charge is 0.159 e. The van der Waals surface area contributed by atoms with Crippen LogP contribution >= 0.6 is 0 Å². The van der Waals surface area contributed by atoms with Crippen LogP contribution in [0.5, 0.6) is 0 Å². The molecule has 0 saturated heterocycles. The lowest BCUT2D eigenvalue weighted by Crippen LogP contribution is -2.33. The molecule has 19 heavy (non-hydrogen) atoms. The molecule has 106 valence electrons. The van der Waals surface area contributed by atoms with Crippen molar-refractivity contribution in [3.8, 4) is 0 Å². The molecule has 3 heteroatoms. The van der Waals surface area contributed by atoms with Gasteiger partial charge in [-0.2, -0.15) is 0 Å². The molecule has 0 bridgehead atoms. The van der Waals surface area contributed by atoms with Gasteiger partial charge in [0.15, 0.2) is 11.6 Å². The quantitative estimate of drug-likeness (QED) is 0.849. The maximum atomic E-state index is 13.4. The molecular weight excluding hydrogens is 244 g/mol. The molecule has 0 aromatic heterocycles. The highest BCUT2D eigenvalue weighted by Gasteiger charge is 2.40. The van der Waals surface area contributed by atoms with Gasteiger partial charge in [0.1, 0.15) is 0 Å². The van der Waals surface area contributed by atoms with Crippen LogP contribution in [0.15, 0.2) is 18.2 Å². The highest BCUT2D eigenvalue weighted by Crippen LogP contribution is 2.50. The molecule has 0 radical (unpaired) electrons. The van der Waals surface area contributed by atoms with Crippen molar-refractivity contribution >= 4 is 0 Å². The van der Waals surface area contributed by atoms with E-state index in [1.54, 1.807) is 6.07 Å². The largest absolute Gasteiger partial charge is 0.323 e. The van der Waals surface area contributed by atoms with Gasteiger partial charge in [-0.15, -0.1) is 0 Å². The third-order valence-corrected chi connectivity index (χ3v) is 4.38. The van der Waals surface area contributed by atoms with Crippen LogP contribution in [0.4, 0.5) is 8.78 Å². The zero-order valence-corrected chi connectivity index (χ0v) is 11.8. The van der Waals surface area contributed by atoms with Crippen LogP contribution in [-0.2, 0) is 0 Å². The monoisotopic (exact) mass is 267 g/mol.